The molecular formula is C22H27NO4. The number of furan rings is 1. The first-order valence-corrected chi connectivity index (χ1v) is 9.86. The van der Waals surface area contributed by atoms with Crippen molar-refractivity contribution in [3.05, 3.63) is 53.5 Å². The lowest BCUT2D eigenvalue weighted by atomic mass is 9.82. The molecule has 1 aliphatic heterocycles. The van der Waals surface area contributed by atoms with Crippen LogP contribution in [0, 0.1) is 6.92 Å². The van der Waals surface area contributed by atoms with Gasteiger partial charge in [0.05, 0.1) is 18.2 Å². The van der Waals surface area contributed by atoms with Gasteiger partial charge in [0, 0.05) is 5.56 Å². The molecule has 1 spiro atoms. The van der Waals surface area contributed by atoms with Crippen molar-refractivity contribution in [1.82, 2.24) is 5.32 Å². The molecule has 1 aromatic carbocycles. The predicted molar refractivity (Wildman–Crippen MR) is 102 cm³/mol. The minimum absolute atomic E-state index is 0.0108. The van der Waals surface area contributed by atoms with Gasteiger partial charge in [0.1, 0.15) is 18.1 Å². The first-order chi connectivity index (χ1) is 13.1. The van der Waals surface area contributed by atoms with Gasteiger partial charge in [-0.3, -0.25) is 4.79 Å². The van der Waals surface area contributed by atoms with E-state index in [2.05, 4.69) is 5.32 Å². The van der Waals surface area contributed by atoms with Gasteiger partial charge in [0.25, 0.3) is 5.91 Å². The van der Waals surface area contributed by atoms with Gasteiger partial charge in [-0.15, -0.1) is 0 Å². The Morgan fingerprint density at radius 1 is 1.22 bits per heavy atom. The smallest absolute Gasteiger partial charge is 0.287 e. The summed E-state index contributed by atoms with van der Waals surface area (Å²) in [7, 11) is 0. The van der Waals surface area contributed by atoms with E-state index < -0.39 is 0 Å². The fourth-order valence-corrected chi connectivity index (χ4v) is 4.25. The normalized spacial score (nSPS) is 21.3. The highest BCUT2D eigenvalue weighted by Gasteiger charge is 2.41. The minimum atomic E-state index is -0.167. The summed E-state index contributed by atoms with van der Waals surface area (Å²) in [5, 5.41) is 3.10. The molecule has 144 valence electrons. The first kappa shape index (κ1) is 18.1. The second-order valence-corrected chi connectivity index (χ2v) is 7.76. The standard InChI is InChI=1S/C22H27NO4/c1-16-12-19(15-25-18-8-4-2-5-9-18)27-20(16)21(24)23-17-13-22(26-14-17)10-6-3-7-11-22/h2,4-5,8-9,12,17H,3,6-7,10-11,13-15H2,1H3,(H,23,24). The van der Waals surface area contributed by atoms with Crippen molar-refractivity contribution in [1.29, 1.82) is 0 Å². The molecule has 2 heterocycles. The van der Waals surface area contributed by atoms with Gasteiger partial charge in [-0.25, -0.2) is 0 Å². The Kier molecular flexibility index (Phi) is 5.21. The average Bonchev–Trinajstić information content (AvgIpc) is 3.25. The summed E-state index contributed by atoms with van der Waals surface area (Å²) in [6, 6.07) is 11.5. The van der Waals surface area contributed by atoms with Crippen LogP contribution in [0.25, 0.3) is 0 Å². The Labute approximate surface area is 160 Å². The van der Waals surface area contributed by atoms with E-state index in [-0.39, 0.29) is 17.6 Å². The maximum absolute atomic E-state index is 12.7. The second kappa shape index (κ2) is 7.77. The third kappa shape index (κ3) is 4.19. The van der Waals surface area contributed by atoms with Crippen molar-refractivity contribution in [3.8, 4) is 5.75 Å². The van der Waals surface area contributed by atoms with Crippen LogP contribution in [0.5, 0.6) is 5.75 Å². The molecule has 0 radical (unpaired) electrons. The third-order valence-corrected chi connectivity index (χ3v) is 5.61. The Bertz CT molecular complexity index is 777. The summed E-state index contributed by atoms with van der Waals surface area (Å²) in [4.78, 5) is 12.7. The molecule has 1 amide bonds. The van der Waals surface area contributed by atoms with E-state index in [4.69, 9.17) is 13.9 Å². The van der Waals surface area contributed by atoms with E-state index in [1.165, 1.54) is 19.3 Å². The van der Waals surface area contributed by atoms with Crippen LogP contribution >= 0.6 is 0 Å². The minimum Gasteiger partial charge on any atom is -0.486 e. The summed E-state index contributed by atoms with van der Waals surface area (Å²) in [5.74, 6) is 1.62. The van der Waals surface area contributed by atoms with E-state index >= 15 is 0 Å². The number of nitrogens with one attached hydrogen (secondary N) is 1. The van der Waals surface area contributed by atoms with Gasteiger partial charge in [-0.1, -0.05) is 37.5 Å². The Morgan fingerprint density at radius 3 is 2.78 bits per heavy atom. The van der Waals surface area contributed by atoms with Crippen LogP contribution < -0.4 is 10.1 Å². The maximum atomic E-state index is 12.7. The van der Waals surface area contributed by atoms with E-state index in [0.717, 1.165) is 30.6 Å². The van der Waals surface area contributed by atoms with Gasteiger partial charge < -0.3 is 19.2 Å². The number of aryl methyl sites for hydroxylation is 1. The van der Waals surface area contributed by atoms with Crippen LogP contribution in [-0.2, 0) is 11.3 Å². The van der Waals surface area contributed by atoms with Gasteiger partial charge in [-0.2, -0.15) is 0 Å². The second-order valence-electron chi connectivity index (χ2n) is 7.76. The van der Waals surface area contributed by atoms with Crippen LogP contribution in [0.4, 0.5) is 0 Å². The Balaban J connectivity index is 1.34. The highest BCUT2D eigenvalue weighted by molar-refractivity contribution is 5.93. The van der Waals surface area contributed by atoms with Crippen LogP contribution in [0.1, 0.15) is 60.4 Å². The molecule has 1 saturated heterocycles. The van der Waals surface area contributed by atoms with E-state index in [9.17, 15) is 4.79 Å². The summed E-state index contributed by atoms with van der Waals surface area (Å²) >= 11 is 0. The number of para-hydroxylation sites is 1. The summed E-state index contributed by atoms with van der Waals surface area (Å²) in [6.45, 7) is 2.78. The molecule has 2 aromatic rings. The largest absolute Gasteiger partial charge is 0.486 e. The molecule has 27 heavy (non-hydrogen) atoms. The van der Waals surface area contributed by atoms with Crippen LogP contribution in [-0.4, -0.2) is 24.2 Å². The molecule has 5 heteroatoms. The Morgan fingerprint density at radius 2 is 2.00 bits per heavy atom. The number of rotatable bonds is 5. The van der Waals surface area contributed by atoms with Crippen molar-refractivity contribution in [2.75, 3.05) is 6.61 Å². The molecule has 1 N–H and O–H groups in total. The van der Waals surface area contributed by atoms with Gasteiger partial charge in [0.15, 0.2) is 5.76 Å². The SMILES string of the molecule is Cc1cc(COc2ccccc2)oc1C(=O)NC1COC2(CCCCC2)C1. The van der Waals surface area contributed by atoms with E-state index in [0.29, 0.717) is 24.7 Å². The number of hydrogen-bond donors (Lipinski definition) is 1. The van der Waals surface area contributed by atoms with Gasteiger partial charge >= 0.3 is 0 Å². The molecule has 4 rings (SSSR count). The topological polar surface area (TPSA) is 60.7 Å². The Hall–Kier alpha value is -2.27. The number of hydrogen-bond acceptors (Lipinski definition) is 4. The zero-order valence-corrected chi connectivity index (χ0v) is 15.8. The van der Waals surface area contributed by atoms with Gasteiger partial charge in [-0.05, 0) is 44.4 Å². The summed E-state index contributed by atoms with van der Waals surface area (Å²) in [6.07, 6.45) is 6.87. The lowest BCUT2D eigenvalue weighted by molar-refractivity contribution is -0.0246. The molecule has 1 aliphatic carbocycles. The molecule has 5 nitrogen and oxygen atoms in total. The highest BCUT2D eigenvalue weighted by atomic mass is 16.5. The molecular weight excluding hydrogens is 342 g/mol. The lowest BCUT2D eigenvalue weighted by Crippen LogP contribution is -2.37. The molecule has 0 bridgehead atoms. The van der Waals surface area contributed by atoms with Crippen molar-refractivity contribution in [3.63, 3.8) is 0 Å². The lowest BCUT2D eigenvalue weighted by Gasteiger charge is -2.32. The fraction of sp³-hybridized carbons (Fsp3) is 0.500. The monoisotopic (exact) mass is 369 g/mol. The molecule has 1 saturated carbocycles. The van der Waals surface area contributed by atoms with Crippen molar-refractivity contribution in [2.24, 2.45) is 0 Å². The van der Waals surface area contributed by atoms with E-state index in [1.807, 2.05) is 43.3 Å². The van der Waals surface area contributed by atoms with Crippen LogP contribution in [0.2, 0.25) is 0 Å². The number of amides is 1. The number of benzene rings is 1. The summed E-state index contributed by atoms with van der Waals surface area (Å²) < 4.78 is 17.6. The average molecular weight is 369 g/mol. The quantitative estimate of drug-likeness (QED) is 0.849. The van der Waals surface area contributed by atoms with Gasteiger partial charge in [0.2, 0.25) is 0 Å². The summed E-state index contributed by atoms with van der Waals surface area (Å²) in [5.41, 5.74) is 0.814. The van der Waals surface area contributed by atoms with E-state index in [1.54, 1.807) is 0 Å². The molecule has 1 atom stereocenters. The van der Waals surface area contributed by atoms with Crippen molar-refractivity contribution >= 4 is 5.91 Å². The van der Waals surface area contributed by atoms with Crippen LogP contribution in [0.15, 0.2) is 40.8 Å². The molecule has 1 aromatic heterocycles. The van der Waals surface area contributed by atoms with Crippen LogP contribution in [0.3, 0.4) is 0 Å². The zero-order chi connectivity index (χ0) is 18.7. The zero-order valence-electron chi connectivity index (χ0n) is 15.8. The molecule has 2 aliphatic rings. The first-order valence-electron chi connectivity index (χ1n) is 9.86. The molecule has 2 fully saturated rings. The fourth-order valence-electron chi connectivity index (χ4n) is 4.25. The number of ether oxygens (including phenoxy) is 2. The van der Waals surface area contributed by atoms with Crippen molar-refractivity contribution in [2.45, 2.75) is 63.7 Å². The number of carbonyl (C=O) groups is 1. The predicted octanol–water partition coefficient (Wildman–Crippen LogP) is 4.39. The highest BCUT2D eigenvalue weighted by Crippen LogP contribution is 2.39. The van der Waals surface area contributed by atoms with Crippen molar-refractivity contribution < 1.29 is 18.7 Å². The third-order valence-electron chi connectivity index (χ3n) is 5.61. The molecule has 1 unspecified atom stereocenters. The maximum Gasteiger partial charge on any atom is 0.287 e. The number of carbonyl (C=O) groups excluding carboxylic acids is 1.